The summed E-state index contributed by atoms with van der Waals surface area (Å²) in [5.41, 5.74) is 3.07. The van der Waals surface area contributed by atoms with E-state index in [-0.39, 0.29) is 43.5 Å². The van der Waals surface area contributed by atoms with E-state index < -0.39 is 5.91 Å². The number of rotatable bonds is 10. The zero-order chi connectivity index (χ0) is 23.1. The molecule has 4 N–H and O–H groups in total. The van der Waals surface area contributed by atoms with Crippen LogP contribution in [0.2, 0.25) is 0 Å². The number of hydrogen-bond donors (Lipinski definition) is 4. The molecule has 1 heterocycles. The van der Waals surface area contributed by atoms with Gasteiger partial charge in [-0.2, -0.15) is 0 Å². The van der Waals surface area contributed by atoms with Crippen LogP contribution >= 0.6 is 0 Å². The molecule has 3 aromatic rings. The van der Waals surface area contributed by atoms with Gasteiger partial charge in [0.1, 0.15) is 17.3 Å². The van der Waals surface area contributed by atoms with E-state index in [4.69, 9.17) is 4.42 Å². The molecule has 1 amide bonds. The SMILES string of the molecule is CCc1c(O)cc(O)c(-c2ccccc2)c1CCc1ocnc1C(=O)N(CCO)CCO. The van der Waals surface area contributed by atoms with Crippen LogP contribution in [0.4, 0.5) is 0 Å². The first-order valence-electron chi connectivity index (χ1n) is 10.6. The minimum Gasteiger partial charge on any atom is -0.508 e. The van der Waals surface area contributed by atoms with Gasteiger partial charge in [-0.15, -0.1) is 0 Å². The largest absolute Gasteiger partial charge is 0.508 e. The van der Waals surface area contributed by atoms with Gasteiger partial charge < -0.3 is 29.7 Å². The van der Waals surface area contributed by atoms with Crippen LogP contribution in [0.15, 0.2) is 47.2 Å². The second-order valence-electron chi connectivity index (χ2n) is 7.33. The predicted octanol–water partition coefficient (Wildman–Crippen LogP) is 2.53. The van der Waals surface area contributed by atoms with E-state index in [1.165, 1.54) is 17.4 Å². The maximum Gasteiger partial charge on any atom is 0.276 e. The molecule has 8 heteroatoms. The fraction of sp³-hybridized carbons (Fsp3) is 0.333. The second-order valence-corrected chi connectivity index (χ2v) is 7.33. The highest BCUT2D eigenvalue weighted by atomic mass is 16.3. The average Bonchev–Trinajstić information content (AvgIpc) is 3.26. The summed E-state index contributed by atoms with van der Waals surface area (Å²) in [5, 5.41) is 39.5. The van der Waals surface area contributed by atoms with Crippen LogP contribution < -0.4 is 0 Å². The van der Waals surface area contributed by atoms with Gasteiger partial charge in [-0.3, -0.25) is 4.79 Å². The van der Waals surface area contributed by atoms with Crippen molar-refractivity contribution in [2.45, 2.75) is 26.2 Å². The minimum absolute atomic E-state index is 0.0191. The van der Waals surface area contributed by atoms with E-state index in [2.05, 4.69) is 4.98 Å². The fourth-order valence-electron chi connectivity index (χ4n) is 3.91. The first-order valence-corrected chi connectivity index (χ1v) is 10.6. The van der Waals surface area contributed by atoms with Crippen molar-refractivity contribution in [1.29, 1.82) is 0 Å². The van der Waals surface area contributed by atoms with Gasteiger partial charge in [0.25, 0.3) is 5.91 Å². The van der Waals surface area contributed by atoms with Crippen LogP contribution in [-0.2, 0) is 19.3 Å². The summed E-state index contributed by atoms with van der Waals surface area (Å²) in [7, 11) is 0. The van der Waals surface area contributed by atoms with Crippen LogP contribution in [0.5, 0.6) is 11.5 Å². The number of carbonyl (C=O) groups excluding carboxylic acids is 1. The molecule has 0 unspecified atom stereocenters. The summed E-state index contributed by atoms with van der Waals surface area (Å²) in [4.78, 5) is 18.2. The minimum atomic E-state index is -0.436. The standard InChI is InChI=1S/C24H28N2O6/c1-2-17-18(22(20(30)14-19(17)29)16-6-4-3-5-7-16)8-9-21-23(25-15-32-21)24(31)26(10-12-27)11-13-28/h3-7,14-15,27-30H,2,8-13H2,1H3. The number of benzene rings is 2. The lowest BCUT2D eigenvalue weighted by Gasteiger charge is -2.20. The van der Waals surface area contributed by atoms with Gasteiger partial charge >= 0.3 is 0 Å². The molecule has 3 rings (SSSR count). The Balaban J connectivity index is 1.95. The van der Waals surface area contributed by atoms with E-state index in [1.807, 2.05) is 37.3 Å². The molecule has 0 saturated heterocycles. The second kappa shape index (κ2) is 10.8. The van der Waals surface area contributed by atoms with Crippen molar-refractivity contribution >= 4 is 5.91 Å². The molecule has 0 fully saturated rings. The Kier molecular flexibility index (Phi) is 7.86. The third-order valence-electron chi connectivity index (χ3n) is 5.39. The number of phenols is 2. The van der Waals surface area contributed by atoms with Gasteiger partial charge in [-0.1, -0.05) is 37.3 Å². The lowest BCUT2D eigenvalue weighted by molar-refractivity contribution is 0.0677. The van der Waals surface area contributed by atoms with Gasteiger partial charge in [0.15, 0.2) is 12.1 Å². The number of aliphatic hydroxyl groups is 2. The molecule has 0 aliphatic heterocycles. The fourth-order valence-corrected chi connectivity index (χ4v) is 3.91. The highest BCUT2D eigenvalue weighted by molar-refractivity contribution is 5.93. The molecule has 0 aliphatic carbocycles. The average molecular weight is 440 g/mol. The molecule has 0 bridgehead atoms. The van der Waals surface area contributed by atoms with Gasteiger partial charge in [0.2, 0.25) is 0 Å². The van der Waals surface area contributed by atoms with Gasteiger partial charge in [0, 0.05) is 31.1 Å². The molecular formula is C24H28N2O6. The summed E-state index contributed by atoms with van der Waals surface area (Å²) in [5.74, 6) is -0.0770. The smallest absolute Gasteiger partial charge is 0.276 e. The van der Waals surface area contributed by atoms with Crippen LogP contribution in [0.1, 0.15) is 34.3 Å². The van der Waals surface area contributed by atoms with Crippen LogP contribution in [0.25, 0.3) is 11.1 Å². The van der Waals surface area contributed by atoms with Crippen molar-refractivity contribution in [2.75, 3.05) is 26.3 Å². The number of oxazole rings is 1. The Morgan fingerprint density at radius 1 is 1.00 bits per heavy atom. The normalized spacial score (nSPS) is 11.0. The van der Waals surface area contributed by atoms with Crippen molar-refractivity contribution in [3.8, 4) is 22.6 Å². The number of aromatic nitrogens is 1. The third-order valence-corrected chi connectivity index (χ3v) is 5.39. The Labute approximate surface area is 186 Å². The maximum absolute atomic E-state index is 12.8. The molecule has 2 aromatic carbocycles. The van der Waals surface area contributed by atoms with E-state index in [1.54, 1.807) is 0 Å². The Morgan fingerprint density at radius 2 is 1.69 bits per heavy atom. The number of aliphatic hydroxyl groups excluding tert-OH is 2. The monoisotopic (exact) mass is 440 g/mol. The molecule has 0 atom stereocenters. The van der Waals surface area contributed by atoms with E-state index in [9.17, 15) is 25.2 Å². The lowest BCUT2D eigenvalue weighted by Crippen LogP contribution is -2.36. The molecule has 8 nitrogen and oxygen atoms in total. The van der Waals surface area contributed by atoms with Crippen molar-refractivity contribution in [3.63, 3.8) is 0 Å². The van der Waals surface area contributed by atoms with Gasteiger partial charge in [-0.25, -0.2) is 4.98 Å². The summed E-state index contributed by atoms with van der Waals surface area (Å²) >= 11 is 0. The van der Waals surface area contributed by atoms with Crippen molar-refractivity contribution in [3.05, 3.63) is 65.4 Å². The number of hydrogen-bond acceptors (Lipinski definition) is 7. The number of carbonyl (C=O) groups is 1. The number of phenolic OH excluding ortho intramolecular Hbond substituents is 2. The van der Waals surface area contributed by atoms with Crippen LogP contribution in [0.3, 0.4) is 0 Å². The maximum atomic E-state index is 12.8. The first kappa shape index (κ1) is 23.3. The number of aromatic hydroxyl groups is 2. The van der Waals surface area contributed by atoms with Crippen LogP contribution in [-0.4, -0.2) is 62.5 Å². The molecule has 1 aromatic heterocycles. The first-order chi connectivity index (χ1) is 15.5. The molecule has 170 valence electrons. The van der Waals surface area contributed by atoms with Crippen LogP contribution in [0, 0.1) is 0 Å². The van der Waals surface area contributed by atoms with E-state index in [0.717, 1.165) is 16.7 Å². The van der Waals surface area contributed by atoms with Crippen molar-refractivity contribution < 1.29 is 29.6 Å². The van der Waals surface area contributed by atoms with Crippen molar-refractivity contribution in [1.82, 2.24) is 9.88 Å². The predicted molar refractivity (Wildman–Crippen MR) is 119 cm³/mol. The zero-order valence-corrected chi connectivity index (χ0v) is 18.0. The summed E-state index contributed by atoms with van der Waals surface area (Å²) in [6.07, 6.45) is 2.45. The van der Waals surface area contributed by atoms with Gasteiger partial charge in [0.05, 0.1) is 13.2 Å². The summed E-state index contributed by atoms with van der Waals surface area (Å²) < 4.78 is 5.48. The van der Waals surface area contributed by atoms with Crippen molar-refractivity contribution in [2.24, 2.45) is 0 Å². The van der Waals surface area contributed by atoms with Gasteiger partial charge in [-0.05, 0) is 29.5 Å². The molecule has 0 saturated carbocycles. The molecule has 0 aliphatic rings. The molecule has 32 heavy (non-hydrogen) atoms. The topological polar surface area (TPSA) is 127 Å². The van der Waals surface area contributed by atoms with E-state index in [0.29, 0.717) is 30.6 Å². The third kappa shape index (κ3) is 4.92. The molecular weight excluding hydrogens is 412 g/mol. The number of aryl methyl sites for hydroxylation is 1. The highest BCUT2D eigenvalue weighted by Crippen LogP contribution is 2.40. The summed E-state index contributed by atoms with van der Waals surface area (Å²) in [6.45, 7) is 1.60. The molecule has 0 spiro atoms. The Hall–Kier alpha value is -3.36. The number of nitrogens with zero attached hydrogens (tertiary/aromatic N) is 2. The number of amides is 1. The summed E-state index contributed by atoms with van der Waals surface area (Å²) in [6, 6.07) is 10.8. The highest BCUT2D eigenvalue weighted by Gasteiger charge is 2.24. The quantitative estimate of drug-likeness (QED) is 0.381. The molecule has 0 radical (unpaired) electrons. The lowest BCUT2D eigenvalue weighted by atomic mass is 9.89. The van der Waals surface area contributed by atoms with E-state index >= 15 is 0 Å². The Bertz CT molecular complexity index is 1040. The zero-order valence-electron chi connectivity index (χ0n) is 18.0. The Morgan fingerprint density at radius 3 is 2.31 bits per heavy atom.